The molecule has 1 amide bonds. The highest BCUT2D eigenvalue weighted by Crippen LogP contribution is 2.34. The van der Waals surface area contributed by atoms with E-state index in [9.17, 15) is 9.18 Å². The van der Waals surface area contributed by atoms with Crippen molar-refractivity contribution in [1.82, 2.24) is 14.8 Å². The Labute approximate surface area is 177 Å². The lowest BCUT2D eigenvalue weighted by Crippen LogP contribution is -2.15. The summed E-state index contributed by atoms with van der Waals surface area (Å²) in [5.74, 6) is 1.62. The molecule has 2 aromatic carbocycles. The van der Waals surface area contributed by atoms with E-state index in [4.69, 9.17) is 9.47 Å². The molecule has 0 fully saturated rings. The number of nitrogens with one attached hydrogen (secondary N) is 1. The lowest BCUT2D eigenvalue weighted by Gasteiger charge is -2.13. The molecule has 0 radical (unpaired) electrons. The minimum Gasteiger partial charge on any atom is -0.454 e. The molecule has 0 saturated carbocycles. The number of aromatic nitrogens is 3. The predicted octanol–water partition coefficient (Wildman–Crippen LogP) is 4.20. The Bertz CT molecular complexity index is 1070. The van der Waals surface area contributed by atoms with Crippen LogP contribution < -0.4 is 14.8 Å². The first-order valence-electron chi connectivity index (χ1n) is 9.51. The van der Waals surface area contributed by atoms with Crippen molar-refractivity contribution in [2.75, 3.05) is 17.9 Å². The number of amides is 1. The molecule has 0 unspecified atom stereocenters. The average molecular weight is 428 g/mol. The van der Waals surface area contributed by atoms with Crippen molar-refractivity contribution in [1.29, 1.82) is 0 Å². The van der Waals surface area contributed by atoms with Gasteiger partial charge in [0.05, 0.1) is 11.3 Å². The van der Waals surface area contributed by atoms with Gasteiger partial charge in [0, 0.05) is 18.3 Å². The van der Waals surface area contributed by atoms with Crippen LogP contribution >= 0.6 is 11.8 Å². The molecule has 0 spiro atoms. The SMILES string of the molecule is CC(C)Cn1c(SCC(=O)Nc2ccc3c(c2)OCO3)nnc1-c1ccccc1F. The van der Waals surface area contributed by atoms with E-state index in [0.717, 1.165) is 0 Å². The molecule has 0 aliphatic carbocycles. The van der Waals surface area contributed by atoms with E-state index < -0.39 is 0 Å². The van der Waals surface area contributed by atoms with Crippen LogP contribution in [-0.2, 0) is 11.3 Å². The molecule has 1 aliphatic heterocycles. The number of halogens is 1. The summed E-state index contributed by atoms with van der Waals surface area (Å²) in [6.07, 6.45) is 0. The van der Waals surface area contributed by atoms with Crippen LogP contribution in [0.2, 0.25) is 0 Å². The van der Waals surface area contributed by atoms with Gasteiger partial charge in [0.1, 0.15) is 5.82 Å². The minimum atomic E-state index is -0.355. The molecule has 0 bridgehead atoms. The largest absolute Gasteiger partial charge is 0.454 e. The first-order valence-corrected chi connectivity index (χ1v) is 10.5. The number of thioether (sulfide) groups is 1. The van der Waals surface area contributed by atoms with E-state index in [1.165, 1.54) is 17.8 Å². The number of carbonyl (C=O) groups is 1. The van der Waals surface area contributed by atoms with Gasteiger partial charge in [-0.05, 0) is 30.2 Å². The maximum absolute atomic E-state index is 14.3. The molecular formula is C21H21FN4O3S. The number of hydrogen-bond donors (Lipinski definition) is 1. The van der Waals surface area contributed by atoms with Gasteiger partial charge >= 0.3 is 0 Å². The Balaban J connectivity index is 1.47. The van der Waals surface area contributed by atoms with E-state index in [1.54, 1.807) is 36.4 Å². The van der Waals surface area contributed by atoms with Crippen LogP contribution in [0, 0.1) is 11.7 Å². The summed E-state index contributed by atoms with van der Waals surface area (Å²) < 4.78 is 26.7. The van der Waals surface area contributed by atoms with Crippen molar-refractivity contribution >= 4 is 23.4 Å². The minimum absolute atomic E-state index is 0.141. The zero-order chi connectivity index (χ0) is 21.1. The number of anilines is 1. The predicted molar refractivity (Wildman–Crippen MR) is 112 cm³/mol. The first-order chi connectivity index (χ1) is 14.5. The molecular weight excluding hydrogens is 407 g/mol. The van der Waals surface area contributed by atoms with Crippen molar-refractivity contribution in [2.45, 2.75) is 25.5 Å². The fourth-order valence-electron chi connectivity index (χ4n) is 3.07. The van der Waals surface area contributed by atoms with Crippen LogP contribution in [0.1, 0.15) is 13.8 Å². The Morgan fingerprint density at radius 3 is 2.80 bits per heavy atom. The number of carbonyl (C=O) groups excluding carboxylic acids is 1. The number of rotatable bonds is 7. The third-order valence-electron chi connectivity index (χ3n) is 4.37. The van der Waals surface area contributed by atoms with Crippen LogP contribution in [0.25, 0.3) is 11.4 Å². The zero-order valence-electron chi connectivity index (χ0n) is 16.6. The highest BCUT2D eigenvalue weighted by molar-refractivity contribution is 7.99. The molecule has 1 N–H and O–H groups in total. The molecule has 1 aromatic heterocycles. The fraction of sp³-hybridized carbons (Fsp3) is 0.286. The van der Waals surface area contributed by atoms with Gasteiger partial charge in [-0.3, -0.25) is 4.79 Å². The van der Waals surface area contributed by atoms with E-state index in [-0.39, 0.29) is 24.3 Å². The van der Waals surface area contributed by atoms with Crippen molar-refractivity contribution in [2.24, 2.45) is 5.92 Å². The third kappa shape index (κ3) is 4.40. The maximum Gasteiger partial charge on any atom is 0.234 e. The number of ether oxygens (including phenoxy) is 2. The third-order valence-corrected chi connectivity index (χ3v) is 5.33. The van der Waals surface area contributed by atoms with Crippen molar-refractivity contribution in [3.8, 4) is 22.9 Å². The Morgan fingerprint density at radius 1 is 1.20 bits per heavy atom. The molecule has 156 valence electrons. The molecule has 4 rings (SSSR count). The lowest BCUT2D eigenvalue weighted by molar-refractivity contribution is -0.113. The molecule has 7 nitrogen and oxygen atoms in total. The van der Waals surface area contributed by atoms with Crippen LogP contribution in [0.5, 0.6) is 11.5 Å². The first kappa shape index (κ1) is 20.2. The Kier molecular flexibility index (Phi) is 5.89. The summed E-state index contributed by atoms with van der Waals surface area (Å²) in [4.78, 5) is 12.4. The van der Waals surface area contributed by atoms with Crippen molar-refractivity contribution < 1.29 is 18.7 Å². The monoisotopic (exact) mass is 428 g/mol. The van der Waals surface area contributed by atoms with Crippen molar-refractivity contribution in [3.05, 3.63) is 48.3 Å². The van der Waals surface area contributed by atoms with E-state index >= 15 is 0 Å². The molecule has 9 heteroatoms. The van der Waals surface area contributed by atoms with Gasteiger partial charge in [0.2, 0.25) is 12.7 Å². The standard InChI is InChI=1S/C21H21FN4O3S/c1-13(2)10-26-20(15-5-3-4-6-16(15)22)24-25-21(26)30-11-19(27)23-14-7-8-17-18(9-14)29-12-28-17/h3-9,13H,10-12H2,1-2H3,(H,23,27). The zero-order valence-corrected chi connectivity index (χ0v) is 17.4. The quantitative estimate of drug-likeness (QED) is 0.569. The van der Waals surface area contributed by atoms with Crippen LogP contribution in [0.4, 0.5) is 10.1 Å². The van der Waals surface area contributed by atoms with Crippen LogP contribution in [0.15, 0.2) is 47.6 Å². The normalized spacial score (nSPS) is 12.4. The van der Waals surface area contributed by atoms with Crippen molar-refractivity contribution in [3.63, 3.8) is 0 Å². The van der Waals surface area contributed by atoms with E-state index in [2.05, 4.69) is 29.4 Å². The molecule has 2 heterocycles. The van der Waals surface area contributed by atoms with Crippen LogP contribution in [-0.4, -0.2) is 33.2 Å². The van der Waals surface area contributed by atoms with Gasteiger partial charge in [-0.15, -0.1) is 10.2 Å². The summed E-state index contributed by atoms with van der Waals surface area (Å²) in [6, 6.07) is 11.7. The second-order valence-corrected chi connectivity index (χ2v) is 8.14. The lowest BCUT2D eigenvalue weighted by atomic mass is 10.2. The fourth-order valence-corrected chi connectivity index (χ4v) is 3.82. The smallest absolute Gasteiger partial charge is 0.234 e. The van der Waals surface area contributed by atoms with Gasteiger partial charge < -0.3 is 19.4 Å². The number of hydrogen-bond acceptors (Lipinski definition) is 6. The maximum atomic E-state index is 14.3. The molecule has 0 saturated heterocycles. The summed E-state index contributed by atoms with van der Waals surface area (Å²) >= 11 is 1.26. The Hall–Kier alpha value is -3.07. The van der Waals surface area contributed by atoms with Gasteiger partial charge in [-0.1, -0.05) is 37.7 Å². The van der Waals surface area contributed by atoms with E-state index in [1.807, 2.05) is 4.57 Å². The number of nitrogens with zero attached hydrogens (tertiary/aromatic N) is 3. The summed E-state index contributed by atoms with van der Waals surface area (Å²) in [5, 5.41) is 11.8. The number of benzene rings is 2. The topological polar surface area (TPSA) is 78.3 Å². The Morgan fingerprint density at radius 2 is 2.00 bits per heavy atom. The van der Waals surface area contributed by atoms with E-state index in [0.29, 0.717) is 46.2 Å². The molecule has 3 aromatic rings. The number of fused-ring (bicyclic) bond motifs is 1. The molecule has 1 aliphatic rings. The summed E-state index contributed by atoms with van der Waals surface area (Å²) in [6.45, 7) is 4.92. The van der Waals surface area contributed by atoms with Gasteiger partial charge in [-0.2, -0.15) is 0 Å². The van der Waals surface area contributed by atoms with Crippen LogP contribution in [0.3, 0.4) is 0 Å². The molecule has 0 atom stereocenters. The summed E-state index contributed by atoms with van der Waals surface area (Å²) in [5.41, 5.74) is 1.02. The molecule has 30 heavy (non-hydrogen) atoms. The van der Waals surface area contributed by atoms with Gasteiger partial charge in [0.25, 0.3) is 0 Å². The highest BCUT2D eigenvalue weighted by Gasteiger charge is 2.19. The van der Waals surface area contributed by atoms with Gasteiger partial charge in [0.15, 0.2) is 22.5 Å². The second kappa shape index (κ2) is 8.74. The summed E-state index contributed by atoms with van der Waals surface area (Å²) in [7, 11) is 0. The second-order valence-electron chi connectivity index (χ2n) is 7.20. The highest BCUT2D eigenvalue weighted by atomic mass is 32.2. The van der Waals surface area contributed by atoms with Gasteiger partial charge in [-0.25, -0.2) is 4.39 Å². The average Bonchev–Trinajstić information content (AvgIpc) is 3.33.